The van der Waals surface area contributed by atoms with Crippen molar-refractivity contribution in [2.45, 2.75) is 37.6 Å². The highest BCUT2D eigenvalue weighted by Crippen LogP contribution is 2.49. The summed E-state index contributed by atoms with van der Waals surface area (Å²) >= 11 is 0. The molecule has 25 heavy (non-hydrogen) atoms. The van der Waals surface area contributed by atoms with Crippen LogP contribution in [0, 0.1) is 5.92 Å². The summed E-state index contributed by atoms with van der Waals surface area (Å²) < 4.78 is 40.2. The van der Waals surface area contributed by atoms with Gasteiger partial charge in [0.05, 0.1) is 0 Å². The van der Waals surface area contributed by atoms with Gasteiger partial charge in [0.1, 0.15) is 12.2 Å². The average Bonchev–Trinajstić information content (AvgIpc) is 3.17. The minimum absolute atomic E-state index is 0.00601. The van der Waals surface area contributed by atoms with Gasteiger partial charge in [-0.3, -0.25) is 4.79 Å². The van der Waals surface area contributed by atoms with E-state index in [0.29, 0.717) is 19.4 Å². The van der Waals surface area contributed by atoms with Crippen molar-refractivity contribution in [2.24, 2.45) is 16.1 Å². The Kier molecular flexibility index (Phi) is 4.29. The second kappa shape index (κ2) is 6.16. The lowest BCUT2D eigenvalue weighted by atomic mass is 9.89. The van der Waals surface area contributed by atoms with E-state index in [1.165, 1.54) is 27.8 Å². The van der Waals surface area contributed by atoms with E-state index < -0.39 is 17.8 Å². The molecule has 0 bridgehead atoms. The van der Waals surface area contributed by atoms with Gasteiger partial charge in [0.15, 0.2) is 0 Å². The van der Waals surface area contributed by atoms with E-state index in [1.807, 2.05) is 0 Å². The molecule has 3 heterocycles. The molecule has 0 saturated carbocycles. The SMILES string of the molecule is O=C(O)c1cccn1CC(=O)N1CCCC(CC2(C(F)(F)F)N=N2)C1. The number of aromatic nitrogens is 1. The van der Waals surface area contributed by atoms with Crippen LogP contribution in [-0.2, 0) is 11.3 Å². The third kappa shape index (κ3) is 3.52. The molecule has 1 amide bonds. The number of hydrogen-bond donors (Lipinski definition) is 1. The number of rotatable bonds is 5. The number of nitrogens with zero attached hydrogens (tertiary/aromatic N) is 4. The fraction of sp³-hybridized carbons (Fsp3) is 0.600. The molecule has 2 aliphatic rings. The van der Waals surface area contributed by atoms with Crippen molar-refractivity contribution < 1.29 is 27.9 Å². The van der Waals surface area contributed by atoms with Crippen LogP contribution in [0.15, 0.2) is 28.6 Å². The summed E-state index contributed by atoms with van der Waals surface area (Å²) in [5.41, 5.74) is -2.30. The molecular weight excluding hydrogens is 341 g/mol. The molecule has 0 aliphatic carbocycles. The standard InChI is InChI=1S/C15H17F3N4O3/c16-15(17,18)14(19-20-14)7-10-3-1-6-22(8-10)12(23)9-21-5-2-4-11(21)13(24)25/h2,4-5,10H,1,3,6-9H2,(H,24,25). The molecule has 1 saturated heterocycles. The Morgan fingerprint density at radius 2 is 2.08 bits per heavy atom. The third-order valence-corrected chi connectivity index (χ3v) is 4.59. The van der Waals surface area contributed by atoms with E-state index in [0.717, 1.165) is 0 Å². The van der Waals surface area contributed by atoms with Gasteiger partial charge in [-0.25, -0.2) is 4.79 Å². The van der Waals surface area contributed by atoms with Crippen molar-refractivity contribution in [3.8, 4) is 0 Å². The van der Waals surface area contributed by atoms with Gasteiger partial charge < -0.3 is 14.6 Å². The van der Waals surface area contributed by atoms with Gasteiger partial charge >= 0.3 is 12.1 Å². The van der Waals surface area contributed by atoms with Gasteiger partial charge in [0.25, 0.3) is 5.66 Å². The normalized spacial score (nSPS) is 22.0. The lowest BCUT2D eigenvalue weighted by Gasteiger charge is -2.34. The summed E-state index contributed by atoms with van der Waals surface area (Å²) in [6, 6.07) is 2.91. The number of carbonyl (C=O) groups excluding carboxylic acids is 1. The number of hydrogen-bond acceptors (Lipinski definition) is 4. The Bertz CT molecular complexity index is 707. The van der Waals surface area contributed by atoms with E-state index in [1.54, 1.807) is 0 Å². The fourth-order valence-corrected chi connectivity index (χ4v) is 3.22. The highest BCUT2D eigenvalue weighted by molar-refractivity contribution is 5.86. The van der Waals surface area contributed by atoms with Crippen LogP contribution in [0.4, 0.5) is 13.2 Å². The topological polar surface area (TPSA) is 87.3 Å². The number of amides is 1. The molecular formula is C15H17F3N4O3. The summed E-state index contributed by atoms with van der Waals surface area (Å²) in [5, 5.41) is 15.4. The van der Waals surface area contributed by atoms with Crippen LogP contribution in [0.2, 0.25) is 0 Å². The maximum Gasteiger partial charge on any atom is 0.437 e. The zero-order valence-corrected chi connectivity index (χ0v) is 13.2. The first-order chi connectivity index (χ1) is 11.7. The van der Waals surface area contributed by atoms with Crippen molar-refractivity contribution in [1.29, 1.82) is 0 Å². The first kappa shape index (κ1) is 17.4. The Balaban J connectivity index is 1.60. The summed E-state index contributed by atoms with van der Waals surface area (Å²) in [7, 11) is 0. The summed E-state index contributed by atoms with van der Waals surface area (Å²) in [5.74, 6) is -1.79. The average molecular weight is 358 g/mol. The zero-order valence-electron chi connectivity index (χ0n) is 13.2. The fourth-order valence-electron chi connectivity index (χ4n) is 3.22. The molecule has 1 fully saturated rings. The molecule has 136 valence electrons. The number of halogens is 3. The van der Waals surface area contributed by atoms with Gasteiger partial charge in [-0.15, -0.1) is 10.2 Å². The lowest BCUT2D eigenvalue weighted by Crippen LogP contribution is -2.44. The van der Waals surface area contributed by atoms with Gasteiger partial charge in [-0.1, -0.05) is 0 Å². The minimum atomic E-state index is -4.50. The number of carboxylic acid groups (broad SMARTS) is 1. The number of alkyl halides is 3. The summed E-state index contributed by atoms with van der Waals surface area (Å²) in [4.78, 5) is 25.0. The Labute approximate surface area is 141 Å². The Morgan fingerprint density at radius 3 is 2.68 bits per heavy atom. The molecule has 1 aromatic rings. The first-order valence-corrected chi connectivity index (χ1v) is 7.89. The largest absolute Gasteiger partial charge is 0.477 e. The van der Waals surface area contributed by atoms with E-state index in [-0.39, 0.29) is 37.0 Å². The number of piperidine rings is 1. The number of likely N-dealkylation sites (tertiary alicyclic amines) is 1. The quantitative estimate of drug-likeness (QED) is 0.877. The van der Waals surface area contributed by atoms with Crippen LogP contribution in [0.3, 0.4) is 0 Å². The maximum atomic E-state index is 13.0. The molecule has 7 nitrogen and oxygen atoms in total. The summed E-state index contributed by atoms with van der Waals surface area (Å²) in [6.07, 6.45) is -2.08. The zero-order chi connectivity index (χ0) is 18.2. The molecule has 1 atom stereocenters. The van der Waals surface area contributed by atoms with Gasteiger partial charge in [-0.05, 0) is 30.9 Å². The monoisotopic (exact) mass is 358 g/mol. The first-order valence-electron chi connectivity index (χ1n) is 7.89. The van der Waals surface area contributed by atoms with Crippen LogP contribution in [-0.4, -0.2) is 51.4 Å². The van der Waals surface area contributed by atoms with Crippen molar-refractivity contribution in [2.75, 3.05) is 13.1 Å². The minimum Gasteiger partial charge on any atom is -0.477 e. The second-order valence-electron chi connectivity index (χ2n) is 6.39. The molecule has 10 heteroatoms. The van der Waals surface area contributed by atoms with Crippen molar-refractivity contribution in [3.63, 3.8) is 0 Å². The predicted molar refractivity (Wildman–Crippen MR) is 79.0 cm³/mol. The maximum absolute atomic E-state index is 13.0. The molecule has 0 aromatic carbocycles. The van der Waals surface area contributed by atoms with E-state index in [2.05, 4.69) is 10.2 Å². The molecule has 0 spiro atoms. The second-order valence-corrected chi connectivity index (χ2v) is 6.39. The van der Waals surface area contributed by atoms with Crippen LogP contribution < -0.4 is 0 Å². The Hall–Kier alpha value is -2.39. The van der Waals surface area contributed by atoms with Crippen molar-refractivity contribution in [1.82, 2.24) is 9.47 Å². The third-order valence-electron chi connectivity index (χ3n) is 4.59. The van der Waals surface area contributed by atoms with E-state index in [4.69, 9.17) is 5.11 Å². The number of aromatic carboxylic acids is 1. The van der Waals surface area contributed by atoms with E-state index in [9.17, 15) is 22.8 Å². The lowest BCUT2D eigenvalue weighted by molar-refractivity contribution is -0.168. The summed E-state index contributed by atoms with van der Waals surface area (Å²) in [6.45, 7) is 0.498. The van der Waals surface area contributed by atoms with Gasteiger partial charge in [0.2, 0.25) is 5.91 Å². The number of carboxylic acids is 1. The highest BCUT2D eigenvalue weighted by Gasteiger charge is 2.64. The van der Waals surface area contributed by atoms with Crippen LogP contribution in [0.5, 0.6) is 0 Å². The van der Waals surface area contributed by atoms with Gasteiger partial charge in [-0.2, -0.15) is 13.2 Å². The molecule has 0 radical (unpaired) electrons. The molecule has 1 unspecified atom stereocenters. The predicted octanol–water partition coefficient (Wildman–Crippen LogP) is 2.54. The highest BCUT2D eigenvalue weighted by atomic mass is 19.4. The smallest absolute Gasteiger partial charge is 0.437 e. The van der Waals surface area contributed by atoms with Crippen molar-refractivity contribution >= 4 is 11.9 Å². The molecule has 1 N–H and O–H groups in total. The molecule has 3 rings (SSSR count). The number of carbonyl (C=O) groups is 2. The Morgan fingerprint density at radius 1 is 1.36 bits per heavy atom. The van der Waals surface area contributed by atoms with Crippen molar-refractivity contribution in [3.05, 3.63) is 24.0 Å². The molecule has 2 aliphatic heterocycles. The van der Waals surface area contributed by atoms with Crippen LogP contribution in [0.25, 0.3) is 0 Å². The van der Waals surface area contributed by atoms with Gasteiger partial charge in [0, 0.05) is 25.7 Å². The van der Waals surface area contributed by atoms with E-state index >= 15 is 0 Å². The van der Waals surface area contributed by atoms with Crippen LogP contribution in [0.1, 0.15) is 29.8 Å². The van der Waals surface area contributed by atoms with Crippen LogP contribution >= 0.6 is 0 Å². The molecule has 1 aromatic heterocycles.